The number of nitrogens with zero attached hydrogens (tertiary/aromatic N) is 2. The van der Waals surface area contributed by atoms with E-state index in [0.717, 1.165) is 32.3 Å². The van der Waals surface area contributed by atoms with Crippen LogP contribution in [-0.4, -0.2) is 41.8 Å². The molecule has 2 atom stereocenters. The van der Waals surface area contributed by atoms with Gasteiger partial charge in [-0.2, -0.15) is 0 Å². The Bertz CT molecular complexity index is 474. The molecule has 2 unspecified atom stereocenters. The van der Waals surface area contributed by atoms with Crippen LogP contribution >= 0.6 is 0 Å². The van der Waals surface area contributed by atoms with Crippen molar-refractivity contribution in [3.05, 3.63) is 18.0 Å². The van der Waals surface area contributed by atoms with E-state index in [9.17, 15) is 4.79 Å². The summed E-state index contributed by atoms with van der Waals surface area (Å²) >= 11 is 0. The summed E-state index contributed by atoms with van der Waals surface area (Å²) in [5.74, 6) is 0.724. The minimum atomic E-state index is -0.425. The highest BCUT2D eigenvalue weighted by Gasteiger charge is 2.27. The highest BCUT2D eigenvalue weighted by atomic mass is 16.5. The van der Waals surface area contributed by atoms with Crippen LogP contribution < -0.4 is 5.32 Å². The molecule has 0 spiro atoms. The van der Waals surface area contributed by atoms with Crippen molar-refractivity contribution >= 4 is 11.9 Å². The average Bonchev–Trinajstić information content (AvgIpc) is 2.56. The monoisotopic (exact) mass is 307 g/mol. The van der Waals surface area contributed by atoms with Crippen LogP contribution in [0.5, 0.6) is 0 Å². The molecule has 1 aromatic rings. The number of carbonyl (C=O) groups is 1. The Balaban J connectivity index is 1.94. The second kappa shape index (κ2) is 8.08. The lowest BCUT2D eigenvalue weighted by Gasteiger charge is -2.34. The van der Waals surface area contributed by atoms with Crippen molar-refractivity contribution in [2.75, 3.05) is 19.0 Å². The first-order valence-electron chi connectivity index (χ1n) is 7.96. The van der Waals surface area contributed by atoms with Crippen LogP contribution in [0.1, 0.15) is 49.9 Å². The number of nitrogens with one attached hydrogen (secondary N) is 1. The topological polar surface area (TPSA) is 73.3 Å². The van der Waals surface area contributed by atoms with Crippen LogP contribution in [0.2, 0.25) is 0 Å². The first-order chi connectivity index (χ1) is 10.7. The number of esters is 1. The molecular formula is C16H25N3O3. The molecule has 0 aromatic carbocycles. The van der Waals surface area contributed by atoms with Crippen molar-refractivity contribution < 1.29 is 14.3 Å². The second-order valence-electron chi connectivity index (χ2n) is 5.64. The fourth-order valence-corrected chi connectivity index (χ4v) is 2.91. The van der Waals surface area contributed by atoms with Gasteiger partial charge in [-0.3, -0.25) is 0 Å². The molecule has 22 heavy (non-hydrogen) atoms. The number of aromatic nitrogens is 2. The Morgan fingerprint density at radius 3 is 2.68 bits per heavy atom. The van der Waals surface area contributed by atoms with E-state index in [-0.39, 0.29) is 0 Å². The molecule has 0 bridgehead atoms. The zero-order chi connectivity index (χ0) is 15.9. The SMILES string of the molecule is CCC(CC)C1CC(Nc2ncc(C(=O)OC)cn2)CCO1. The van der Waals surface area contributed by atoms with Gasteiger partial charge in [0.2, 0.25) is 5.95 Å². The Morgan fingerprint density at radius 2 is 2.09 bits per heavy atom. The number of ether oxygens (including phenoxy) is 2. The smallest absolute Gasteiger partial charge is 0.341 e. The lowest BCUT2D eigenvalue weighted by Crippen LogP contribution is -2.38. The van der Waals surface area contributed by atoms with E-state index < -0.39 is 5.97 Å². The maximum absolute atomic E-state index is 11.4. The van der Waals surface area contributed by atoms with Crippen molar-refractivity contribution in [3.63, 3.8) is 0 Å². The molecule has 0 aliphatic carbocycles. The molecule has 122 valence electrons. The van der Waals surface area contributed by atoms with Gasteiger partial charge < -0.3 is 14.8 Å². The van der Waals surface area contributed by atoms with Crippen LogP contribution in [0.4, 0.5) is 5.95 Å². The van der Waals surface area contributed by atoms with Gasteiger partial charge in [0.25, 0.3) is 0 Å². The molecule has 6 heteroatoms. The van der Waals surface area contributed by atoms with Crippen LogP contribution in [0.3, 0.4) is 0 Å². The molecule has 1 fully saturated rings. The van der Waals surface area contributed by atoms with Gasteiger partial charge in [0.1, 0.15) is 0 Å². The molecule has 0 radical (unpaired) electrons. The van der Waals surface area contributed by atoms with Crippen LogP contribution in [0, 0.1) is 5.92 Å². The number of rotatable bonds is 6. The first-order valence-corrected chi connectivity index (χ1v) is 7.96. The Morgan fingerprint density at radius 1 is 1.41 bits per heavy atom. The van der Waals surface area contributed by atoms with E-state index in [1.54, 1.807) is 0 Å². The molecule has 1 saturated heterocycles. The molecule has 2 heterocycles. The van der Waals surface area contributed by atoms with Crippen LogP contribution in [0.15, 0.2) is 12.4 Å². The van der Waals surface area contributed by atoms with Gasteiger partial charge in [0.15, 0.2) is 0 Å². The average molecular weight is 307 g/mol. The quantitative estimate of drug-likeness (QED) is 0.815. The summed E-state index contributed by atoms with van der Waals surface area (Å²) in [6.07, 6.45) is 7.46. The molecule has 1 aliphatic heterocycles. The first kappa shape index (κ1) is 16.7. The fraction of sp³-hybridized carbons (Fsp3) is 0.688. The van der Waals surface area contributed by atoms with Gasteiger partial charge >= 0.3 is 5.97 Å². The molecule has 6 nitrogen and oxygen atoms in total. The zero-order valence-electron chi connectivity index (χ0n) is 13.5. The lowest BCUT2D eigenvalue weighted by molar-refractivity contribution is -0.0271. The van der Waals surface area contributed by atoms with E-state index >= 15 is 0 Å². The number of hydrogen-bond acceptors (Lipinski definition) is 6. The summed E-state index contributed by atoms with van der Waals surface area (Å²) in [4.78, 5) is 19.7. The van der Waals surface area contributed by atoms with Crippen molar-refractivity contribution in [1.29, 1.82) is 0 Å². The summed E-state index contributed by atoms with van der Waals surface area (Å²) in [5.41, 5.74) is 0.356. The van der Waals surface area contributed by atoms with Gasteiger partial charge in [0, 0.05) is 25.0 Å². The van der Waals surface area contributed by atoms with Gasteiger partial charge in [0.05, 0.1) is 18.8 Å². The molecular weight excluding hydrogens is 282 g/mol. The molecule has 1 N–H and O–H groups in total. The predicted octanol–water partition coefficient (Wildman–Crippen LogP) is 2.66. The number of hydrogen-bond donors (Lipinski definition) is 1. The van der Waals surface area contributed by atoms with Crippen molar-refractivity contribution in [2.45, 2.75) is 51.7 Å². The third kappa shape index (κ3) is 4.16. The summed E-state index contributed by atoms with van der Waals surface area (Å²) in [6, 6.07) is 0.309. The number of anilines is 1. The van der Waals surface area contributed by atoms with Crippen molar-refractivity contribution in [1.82, 2.24) is 9.97 Å². The number of methoxy groups -OCH3 is 1. The predicted molar refractivity (Wildman–Crippen MR) is 83.8 cm³/mol. The zero-order valence-corrected chi connectivity index (χ0v) is 13.5. The Hall–Kier alpha value is -1.69. The van der Waals surface area contributed by atoms with E-state index in [1.165, 1.54) is 19.5 Å². The summed E-state index contributed by atoms with van der Waals surface area (Å²) in [6.45, 7) is 5.19. The van der Waals surface area contributed by atoms with Gasteiger partial charge in [-0.15, -0.1) is 0 Å². The highest BCUT2D eigenvalue weighted by molar-refractivity contribution is 5.88. The largest absolute Gasteiger partial charge is 0.465 e. The van der Waals surface area contributed by atoms with Crippen LogP contribution in [-0.2, 0) is 9.47 Å². The normalized spacial score (nSPS) is 21.6. The number of carbonyl (C=O) groups excluding carboxylic acids is 1. The molecule has 2 rings (SSSR count). The summed E-state index contributed by atoms with van der Waals surface area (Å²) in [7, 11) is 1.34. The van der Waals surface area contributed by atoms with E-state index in [2.05, 4.69) is 33.9 Å². The maximum Gasteiger partial charge on any atom is 0.341 e. The van der Waals surface area contributed by atoms with Crippen molar-refractivity contribution in [2.24, 2.45) is 5.92 Å². The molecule has 1 aromatic heterocycles. The van der Waals surface area contributed by atoms with E-state index in [0.29, 0.717) is 29.6 Å². The summed E-state index contributed by atoms with van der Waals surface area (Å²) < 4.78 is 10.5. The lowest BCUT2D eigenvalue weighted by atomic mass is 9.89. The maximum atomic E-state index is 11.4. The molecule has 0 amide bonds. The van der Waals surface area contributed by atoms with Crippen LogP contribution in [0.25, 0.3) is 0 Å². The second-order valence-corrected chi connectivity index (χ2v) is 5.64. The minimum Gasteiger partial charge on any atom is -0.465 e. The minimum absolute atomic E-state index is 0.301. The third-order valence-electron chi connectivity index (χ3n) is 4.30. The Labute approximate surface area is 131 Å². The van der Waals surface area contributed by atoms with E-state index in [4.69, 9.17) is 4.74 Å². The third-order valence-corrected chi connectivity index (χ3v) is 4.30. The van der Waals surface area contributed by atoms with Gasteiger partial charge in [-0.05, 0) is 18.8 Å². The fourth-order valence-electron chi connectivity index (χ4n) is 2.91. The van der Waals surface area contributed by atoms with Gasteiger partial charge in [-0.25, -0.2) is 14.8 Å². The van der Waals surface area contributed by atoms with Crippen molar-refractivity contribution in [3.8, 4) is 0 Å². The Kier molecular flexibility index (Phi) is 6.12. The molecule has 0 saturated carbocycles. The summed E-state index contributed by atoms with van der Waals surface area (Å²) in [5, 5.41) is 3.34. The molecule has 1 aliphatic rings. The van der Waals surface area contributed by atoms with E-state index in [1.807, 2.05) is 0 Å². The highest BCUT2D eigenvalue weighted by Crippen LogP contribution is 2.26. The van der Waals surface area contributed by atoms with Gasteiger partial charge in [-0.1, -0.05) is 26.7 Å². The standard InChI is InChI=1S/C16H25N3O3/c1-4-11(5-2)14-8-13(6-7-22-14)19-16-17-9-12(10-18-16)15(20)21-3/h9-11,13-14H,4-8H2,1-3H3,(H,17,18,19).